The number of fused-ring (bicyclic) bond motifs is 1. The van der Waals surface area contributed by atoms with Gasteiger partial charge in [-0.1, -0.05) is 11.6 Å². The van der Waals surface area contributed by atoms with Crippen LogP contribution in [-0.4, -0.2) is 57.3 Å². The minimum Gasteiger partial charge on any atom is -0.379 e. The molecule has 0 N–H and O–H groups in total. The van der Waals surface area contributed by atoms with Crippen molar-refractivity contribution in [2.75, 3.05) is 32.8 Å². The van der Waals surface area contributed by atoms with Crippen molar-refractivity contribution in [1.29, 1.82) is 0 Å². The van der Waals surface area contributed by atoms with Gasteiger partial charge in [-0.2, -0.15) is 4.98 Å². The molecule has 0 spiro atoms. The van der Waals surface area contributed by atoms with Crippen LogP contribution in [0.4, 0.5) is 0 Å². The highest BCUT2D eigenvalue weighted by Crippen LogP contribution is 2.20. The molecule has 1 aliphatic heterocycles. The lowest BCUT2D eigenvalue weighted by Gasteiger charge is -2.26. The number of nitrogens with zero attached hydrogens (tertiary/aromatic N) is 5. The Morgan fingerprint density at radius 2 is 1.95 bits per heavy atom. The maximum Gasteiger partial charge on any atom is 0.225 e. The fraction of sp³-hybridized carbons (Fsp3) is 0.545. The predicted octanol–water partition coefficient (Wildman–Crippen LogP) is 1.47. The number of halogens is 2. The first-order valence-electron chi connectivity index (χ1n) is 6.08. The summed E-state index contributed by atoms with van der Waals surface area (Å²) in [6.45, 7) is 5.23. The molecule has 8 heteroatoms. The van der Waals surface area contributed by atoms with E-state index < -0.39 is 0 Å². The molecule has 0 aliphatic carbocycles. The van der Waals surface area contributed by atoms with E-state index in [9.17, 15) is 0 Å². The second kappa shape index (κ2) is 5.58. The average Bonchev–Trinajstić information content (AvgIpc) is 2.81. The van der Waals surface area contributed by atoms with Gasteiger partial charge in [-0.25, -0.2) is 9.97 Å². The van der Waals surface area contributed by atoms with Gasteiger partial charge in [0.2, 0.25) is 5.28 Å². The Morgan fingerprint density at radius 3 is 2.74 bits per heavy atom. The number of aromatic nitrogens is 4. The van der Waals surface area contributed by atoms with E-state index in [1.807, 2.05) is 4.57 Å². The van der Waals surface area contributed by atoms with Gasteiger partial charge in [0.25, 0.3) is 0 Å². The molecule has 1 fully saturated rings. The van der Waals surface area contributed by atoms with Crippen molar-refractivity contribution in [3.05, 3.63) is 16.8 Å². The normalized spacial score (nSPS) is 17.2. The van der Waals surface area contributed by atoms with Crippen LogP contribution in [0.2, 0.25) is 10.4 Å². The zero-order valence-corrected chi connectivity index (χ0v) is 11.7. The number of hydrogen-bond donors (Lipinski definition) is 0. The van der Waals surface area contributed by atoms with Crippen LogP contribution in [0.3, 0.4) is 0 Å². The summed E-state index contributed by atoms with van der Waals surface area (Å²) in [6, 6.07) is 0. The number of ether oxygens (including phenoxy) is 1. The van der Waals surface area contributed by atoms with Gasteiger partial charge in [-0.05, 0) is 11.6 Å². The molecular weight excluding hydrogens is 289 g/mol. The molecule has 0 aromatic carbocycles. The topological polar surface area (TPSA) is 56.1 Å². The van der Waals surface area contributed by atoms with E-state index in [-0.39, 0.29) is 5.28 Å². The number of rotatable bonds is 3. The lowest BCUT2D eigenvalue weighted by molar-refractivity contribution is 0.0365. The van der Waals surface area contributed by atoms with E-state index in [0.29, 0.717) is 16.3 Å². The minimum absolute atomic E-state index is 0.144. The fourth-order valence-corrected chi connectivity index (χ4v) is 2.54. The quantitative estimate of drug-likeness (QED) is 0.635. The molecule has 0 bridgehead atoms. The lowest BCUT2D eigenvalue weighted by Crippen LogP contribution is -2.38. The molecule has 3 rings (SSSR count). The van der Waals surface area contributed by atoms with Crippen molar-refractivity contribution in [3.63, 3.8) is 0 Å². The molecule has 0 amide bonds. The van der Waals surface area contributed by atoms with Gasteiger partial charge in [0, 0.05) is 26.2 Å². The summed E-state index contributed by atoms with van der Waals surface area (Å²) >= 11 is 11.8. The summed E-state index contributed by atoms with van der Waals surface area (Å²) in [5, 5.41) is 0.436. The van der Waals surface area contributed by atoms with Crippen LogP contribution in [0, 0.1) is 0 Å². The van der Waals surface area contributed by atoms with E-state index in [4.69, 9.17) is 27.9 Å². The third-order valence-corrected chi connectivity index (χ3v) is 3.59. The van der Waals surface area contributed by atoms with E-state index in [1.165, 1.54) is 0 Å². The SMILES string of the molecule is Clc1nc(Cl)c2ncn(CCN3CCOCC3)c2n1. The van der Waals surface area contributed by atoms with Crippen molar-refractivity contribution in [3.8, 4) is 0 Å². The van der Waals surface area contributed by atoms with Gasteiger partial charge in [0.1, 0.15) is 5.52 Å². The second-order valence-electron chi connectivity index (χ2n) is 4.35. The van der Waals surface area contributed by atoms with Gasteiger partial charge in [-0.15, -0.1) is 0 Å². The largest absolute Gasteiger partial charge is 0.379 e. The van der Waals surface area contributed by atoms with E-state index >= 15 is 0 Å². The Bertz CT molecular complexity index is 582. The van der Waals surface area contributed by atoms with E-state index in [2.05, 4.69) is 19.9 Å². The summed E-state index contributed by atoms with van der Waals surface area (Å²) in [5.74, 6) is 0. The van der Waals surface area contributed by atoms with Gasteiger partial charge in [-0.3, -0.25) is 4.90 Å². The van der Waals surface area contributed by atoms with Gasteiger partial charge >= 0.3 is 0 Å². The first-order valence-corrected chi connectivity index (χ1v) is 6.83. The van der Waals surface area contributed by atoms with Crippen LogP contribution >= 0.6 is 23.2 Å². The Kier molecular flexibility index (Phi) is 3.83. The highest BCUT2D eigenvalue weighted by molar-refractivity contribution is 6.35. The predicted molar refractivity (Wildman–Crippen MR) is 72.6 cm³/mol. The van der Waals surface area contributed by atoms with Gasteiger partial charge < -0.3 is 9.30 Å². The molecular formula is C11H13Cl2N5O. The Hall–Kier alpha value is -0.950. The van der Waals surface area contributed by atoms with Gasteiger partial charge in [0.15, 0.2) is 10.8 Å². The first kappa shape index (κ1) is 13.1. The van der Waals surface area contributed by atoms with Gasteiger partial charge in [0.05, 0.1) is 19.5 Å². The molecule has 6 nitrogen and oxygen atoms in total. The molecule has 1 aliphatic rings. The van der Waals surface area contributed by atoms with E-state index in [0.717, 1.165) is 39.4 Å². The van der Waals surface area contributed by atoms with Crippen LogP contribution < -0.4 is 0 Å². The van der Waals surface area contributed by atoms with Crippen molar-refractivity contribution < 1.29 is 4.74 Å². The second-order valence-corrected chi connectivity index (χ2v) is 5.04. The van der Waals surface area contributed by atoms with Crippen LogP contribution in [0.5, 0.6) is 0 Å². The van der Waals surface area contributed by atoms with Crippen LogP contribution in [0.1, 0.15) is 0 Å². The molecule has 0 atom stereocenters. The van der Waals surface area contributed by atoms with Crippen LogP contribution in [0.25, 0.3) is 11.2 Å². The lowest BCUT2D eigenvalue weighted by atomic mass is 10.4. The Morgan fingerprint density at radius 1 is 1.16 bits per heavy atom. The standard InChI is InChI=1S/C11H13Cl2N5O/c12-9-8-10(16-11(13)15-9)18(7-14-8)2-1-17-3-5-19-6-4-17/h7H,1-6H2. The van der Waals surface area contributed by atoms with Crippen molar-refractivity contribution in [2.24, 2.45) is 0 Å². The third kappa shape index (κ3) is 2.81. The van der Waals surface area contributed by atoms with Crippen LogP contribution in [-0.2, 0) is 11.3 Å². The monoisotopic (exact) mass is 301 g/mol. The Labute approximate surface area is 120 Å². The molecule has 0 radical (unpaired) electrons. The zero-order chi connectivity index (χ0) is 13.2. The molecule has 3 heterocycles. The first-order chi connectivity index (χ1) is 9.24. The maximum absolute atomic E-state index is 5.99. The number of imidazole rings is 1. The maximum atomic E-state index is 5.99. The minimum atomic E-state index is 0.144. The summed E-state index contributed by atoms with van der Waals surface area (Å²) in [6.07, 6.45) is 1.72. The molecule has 2 aromatic rings. The summed E-state index contributed by atoms with van der Waals surface area (Å²) in [5.41, 5.74) is 1.27. The van der Waals surface area contributed by atoms with Crippen LogP contribution in [0.15, 0.2) is 6.33 Å². The van der Waals surface area contributed by atoms with Crippen molar-refractivity contribution >= 4 is 34.4 Å². The summed E-state index contributed by atoms with van der Waals surface area (Å²) in [7, 11) is 0. The van der Waals surface area contributed by atoms with Crippen molar-refractivity contribution in [1.82, 2.24) is 24.4 Å². The molecule has 102 valence electrons. The molecule has 2 aromatic heterocycles. The summed E-state index contributed by atoms with van der Waals surface area (Å²) in [4.78, 5) is 14.6. The number of hydrogen-bond acceptors (Lipinski definition) is 5. The molecule has 0 saturated carbocycles. The molecule has 19 heavy (non-hydrogen) atoms. The molecule has 0 unspecified atom stereocenters. The third-order valence-electron chi connectivity index (χ3n) is 3.15. The Balaban J connectivity index is 1.77. The fourth-order valence-electron chi connectivity index (χ4n) is 2.12. The number of morpholine rings is 1. The van der Waals surface area contributed by atoms with E-state index in [1.54, 1.807) is 6.33 Å². The summed E-state index contributed by atoms with van der Waals surface area (Å²) < 4.78 is 7.27. The van der Waals surface area contributed by atoms with Crippen molar-refractivity contribution in [2.45, 2.75) is 6.54 Å². The zero-order valence-electron chi connectivity index (χ0n) is 10.2. The smallest absolute Gasteiger partial charge is 0.225 e. The average molecular weight is 302 g/mol. The highest BCUT2D eigenvalue weighted by atomic mass is 35.5. The highest BCUT2D eigenvalue weighted by Gasteiger charge is 2.13. The molecule has 1 saturated heterocycles.